The topological polar surface area (TPSA) is 43.4 Å². The number of unbranched alkanes of at least 4 members (excludes halogenated alkanes) is 2. The minimum atomic E-state index is -0.318. The lowest BCUT2D eigenvalue weighted by Gasteiger charge is -2.04. The summed E-state index contributed by atoms with van der Waals surface area (Å²) in [7, 11) is 0. The van der Waals surface area contributed by atoms with Gasteiger partial charge in [0.25, 0.3) is 0 Å². The molecule has 0 fully saturated rings. The molecule has 0 aromatic heterocycles. The third-order valence-electron chi connectivity index (χ3n) is 2.50. The Kier molecular flexibility index (Phi) is 7.11. The summed E-state index contributed by atoms with van der Waals surface area (Å²) in [6.07, 6.45) is 3.05. The zero-order valence-corrected chi connectivity index (χ0v) is 11.0. The summed E-state index contributed by atoms with van der Waals surface area (Å²) < 4.78 is 5.12. The van der Waals surface area contributed by atoms with Gasteiger partial charge in [-0.25, -0.2) is 0 Å². The third kappa shape index (κ3) is 7.07. The summed E-state index contributed by atoms with van der Waals surface area (Å²) in [4.78, 5) is 21.9. The van der Waals surface area contributed by atoms with Crippen molar-refractivity contribution < 1.29 is 14.3 Å². The lowest BCUT2D eigenvalue weighted by atomic mass is 10.1. The summed E-state index contributed by atoms with van der Waals surface area (Å²) >= 11 is 5.21. The first-order valence-corrected chi connectivity index (χ1v) is 6.44. The second-order valence-electron chi connectivity index (χ2n) is 4.06. The largest absolute Gasteiger partial charge is 0.461 e. The standard InChI is InChI=1S/C14H17ClO3/c15-13(16)9-5-2-6-10-14(17)18-11-12-7-3-1-4-8-12/h1,3-4,7-8H,2,5-6,9-11H2. The minimum Gasteiger partial charge on any atom is -0.461 e. The number of hydrogen-bond donors (Lipinski definition) is 0. The molecule has 0 spiro atoms. The number of hydrogen-bond acceptors (Lipinski definition) is 3. The summed E-state index contributed by atoms with van der Waals surface area (Å²) in [5.74, 6) is -0.198. The van der Waals surface area contributed by atoms with E-state index in [9.17, 15) is 9.59 Å². The van der Waals surface area contributed by atoms with Crippen LogP contribution in [-0.4, -0.2) is 11.2 Å². The fourth-order valence-corrected chi connectivity index (χ4v) is 1.65. The van der Waals surface area contributed by atoms with Crippen molar-refractivity contribution in [3.63, 3.8) is 0 Å². The van der Waals surface area contributed by atoms with Gasteiger partial charge in [0.15, 0.2) is 0 Å². The van der Waals surface area contributed by atoms with Crippen molar-refractivity contribution in [2.75, 3.05) is 0 Å². The molecule has 0 radical (unpaired) electrons. The number of benzene rings is 1. The van der Waals surface area contributed by atoms with Gasteiger partial charge in [-0.3, -0.25) is 9.59 Å². The zero-order chi connectivity index (χ0) is 13.2. The minimum absolute atomic E-state index is 0.198. The number of carbonyl (C=O) groups is 2. The molecule has 0 aliphatic carbocycles. The average Bonchev–Trinajstić information content (AvgIpc) is 2.37. The van der Waals surface area contributed by atoms with E-state index in [4.69, 9.17) is 16.3 Å². The normalized spacial score (nSPS) is 10.1. The van der Waals surface area contributed by atoms with Crippen molar-refractivity contribution in [3.05, 3.63) is 35.9 Å². The molecule has 0 aliphatic heterocycles. The Morgan fingerprint density at radius 2 is 1.67 bits per heavy atom. The highest BCUT2D eigenvalue weighted by Crippen LogP contribution is 2.07. The number of ether oxygens (including phenoxy) is 1. The third-order valence-corrected chi connectivity index (χ3v) is 2.69. The second kappa shape index (κ2) is 8.70. The smallest absolute Gasteiger partial charge is 0.306 e. The van der Waals surface area contributed by atoms with Crippen LogP contribution in [0.15, 0.2) is 30.3 Å². The van der Waals surface area contributed by atoms with Gasteiger partial charge < -0.3 is 4.74 Å². The van der Waals surface area contributed by atoms with E-state index in [-0.39, 0.29) is 11.2 Å². The highest BCUT2D eigenvalue weighted by molar-refractivity contribution is 6.63. The Bertz CT molecular complexity index is 376. The van der Waals surface area contributed by atoms with Crippen molar-refractivity contribution in [2.24, 2.45) is 0 Å². The average molecular weight is 269 g/mol. The van der Waals surface area contributed by atoms with Crippen LogP contribution >= 0.6 is 11.6 Å². The number of rotatable bonds is 8. The van der Waals surface area contributed by atoms with Crippen LogP contribution in [-0.2, 0) is 20.9 Å². The van der Waals surface area contributed by atoms with Crippen molar-refractivity contribution in [1.29, 1.82) is 0 Å². The molecule has 0 aliphatic rings. The van der Waals surface area contributed by atoms with E-state index < -0.39 is 0 Å². The lowest BCUT2D eigenvalue weighted by molar-refractivity contribution is -0.145. The van der Waals surface area contributed by atoms with Crippen molar-refractivity contribution >= 4 is 22.8 Å². The zero-order valence-electron chi connectivity index (χ0n) is 10.2. The molecule has 0 heterocycles. The highest BCUT2D eigenvalue weighted by Gasteiger charge is 2.03. The monoisotopic (exact) mass is 268 g/mol. The maximum atomic E-state index is 11.4. The molecule has 0 saturated heterocycles. The van der Waals surface area contributed by atoms with Crippen LogP contribution in [0.3, 0.4) is 0 Å². The van der Waals surface area contributed by atoms with E-state index in [1.165, 1.54) is 0 Å². The number of carbonyl (C=O) groups excluding carboxylic acids is 2. The molecule has 0 bridgehead atoms. The first-order chi connectivity index (χ1) is 8.68. The van der Waals surface area contributed by atoms with E-state index in [2.05, 4.69) is 0 Å². The van der Waals surface area contributed by atoms with Gasteiger partial charge in [0.05, 0.1) is 0 Å². The van der Waals surface area contributed by atoms with Gasteiger partial charge in [-0.2, -0.15) is 0 Å². The van der Waals surface area contributed by atoms with Crippen molar-refractivity contribution in [2.45, 2.75) is 38.7 Å². The predicted octanol–water partition coefficient (Wildman–Crippen LogP) is 3.45. The van der Waals surface area contributed by atoms with Crippen LogP contribution in [0.4, 0.5) is 0 Å². The van der Waals surface area contributed by atoms with Crippen LogP contribution in [0.1, 0.15) is 37.7 Å². The Morgan fingerprint density at radius 1 is 1.00 bits per heavy atom. The van der Waals surface area contributed by atoms with Crippen LogP contribution in [0.2, 0.25) is 0 Å². The maximum absolute atomic E-state index is 11.4. The predicted molar refractivity (Wildman–Crippen MR) is 70.2 cm³/mol. The van der Waals surface area contributed by atoms with Gasteiger partial charge in [-0.1, -0.05) is 36.8 Å². The lowest BCUT2D eigenvalue weighted by Crippen LogP contribution is -2.04. The maximum Gasteiger partial charge on any atom is 0.306 e. The second-order valence-corrected chi connectivity index (χ2v) is 4.48. The Hall–Kier alpha value is -1.35. The van der Waals surface area contributed by atoms with Crippen LogP contribution in [0.25, 0.3) is 0 Å². The molecule has 0 unspecified atom stereocenters. The molecule has 18 heavy (non-hydrogen) atoms. The molecule has 1 rings (SSSR count). The van der Waals surface area contributed by atoms with Gasteiger partial charge in [0.2, 0.25) is 5.24 Å². The summed E-state index contributed by atoms with van der Waals surface area (Å²) in [5.41, 5.74) is 0.985. The molecule has 0 atom stereocenters. The van der Waals surface area contributed by atoms with E-state index in [0.717, 1.165) is 24.8 Å². The van der Waals surface area contributed by atoms with Gasteiger partial charge in [-0.15, -0.1) is 0 Å². The van der Waals surface area contributed by atoms with E-state index in [0.29, 0.717) is 19.4 Å². The van der Waals surface area contributed by atoms with E-state index >= 15 is 0 Å². The highest BCUT2D eigenvalue weighted by atomic mass is 35.5. The molecule has 1 aromatic carbocycles. The quantitative estimate of drug-likeness (QED) is 0.412. The fourth-order valence-electron chi connectivity index (χ4n) is 1.52. The molecule has 98 valence electrons. The Balaban J connectivity index is 2.06. The molecule has 3 nitrogen and oxygen atoms in total. The molecule has 0 saturated carbocycles. The molecular formula is C14H17ClO3. The fraction of sp³-hybridized carbons (Fsp3) is 0.429. The van der Waals surface area contributed by atoms with Crippen molar-refractivity contribution in [3.8, 4) is 0 Å². The first kappa shape index (κ1) is 14.7. The first-order valence-electron chi connectivity index (χ1n) is 6.06. The van der Waals surface area contributed by atoms with Crippen LogP contribution in [0.5, 0.6) is 0 Å². The molecule has 1 aromatic rings. The summed E-state index contributed by atoms with van der Waals surface area (Å²) in [6, 6.07) is 9.57. The molecule has 0 N–H and O–H groups in total. The van der Waals surface area contributed by atoms with E-state index in [1.54, 1.807) is 0 Å². The Labute approximate surface area is 112 Å². The summed E-state index contributed by atoms with van der Waals surface area (Å²) in [6.45, 7) is 0.319. The van der Waals surface area contributed by atoms with Crippen LogP contribution < -0.4 is 0 Å². The van der Waals surface area contributed by atoms with Gasteiger partial charge in [0, 0.05) is 12.8 Å². The number of esters is 1. The van der Waals surface area contributed by atoms with Crippen molar-refractivity contribution in [1.82, 2.24) is 0 Å². The number of halogens is 1. The van der Waals surface area contributed by atoms with Crippen LogP contribution in [0, 0.1) is 0 Å². The Morgan fingerprint density at radius 3 is 2.33 bits per heavy atom. The molecule has 4 heteroatoms. The SMILES string of the molecule is O=C(Cl)CCCCCC(=O)OCc1ccccc1. The van der Waals surface area contributed by atoms with Gasteiger partial charge >= 0.3 is 5.97 Å². The molecular weight excluding hydrogens is 252 g/mol. The molecule has 0 amide bonds. The van der Waals surface area contributed by atoms with Gasteiger partial charge in [-0.05, 0) is 30.0 Å². The summed E-state index contributed by atoms with van der Waals surface area (Å²) in [5, 5.41) is -0.318. The van der Waals surface area contributed by atoms with E-state index in [1.807, 2.05) is 30.3 Å². The van der Waals surface area contributed by atoms with Gasteiger partial charge in [0.1, 0.15) is 6.61 Å².